The summed E-state index contributed by atoms with van der Waals surface area (Å²) in [5, 5.41) is 4.17. The standard InChI is InChI=1S/C16H16N4O/c1-2-17-9-12-10-19-16(20-11-12)21-15-7-3-6-14-13(15)5-4-8-18-14/h3-8,10-11,17H,2,9H2,1H3. The molecule has 0 aliphatic rings. The summed E-state index contributed by atoms with van der Waals surface area (Å²) in [5.74, 6) is 0.708. The Morgan fingerprint density at radius 2 is 1.90 bits per heavy atom. The van der Waals surface area contributed by atoms with Crippen LogP contribution in [-0.2, 0) is 6.54 Å². The van der Waals surface area contributed by atoms with E-state index in [0.717, 1.165) is 29.6 Å². The second-order valence-electron chi connectivity index (χ2n) is 4.58. The molecule has 2 aromatic heterocycles. The average Bonchev–Trinajstić information content (AvgIpc) is 2.55. The minimum Gasteiger partial charge on any atom is -0.424 e. The summed E-state index contributed by atoms with van der Waals surface area (Å²) in [7, 11) is 0. The van der Waals surface area contributed by atoms with E-state index in [1.54, 1.807) is 18.6 Å². The number of hydrogen-bond acceptors (Lipinski definition) is 5. The van der Waals surface area contributed by atoms with Gasteiger partial charge in [-0.05, 0) is 30.8 Å². The van der Waals surface area contributed by atoms with Gasteiger partial charge >= 0.3 is 6.01 Å². The van der Waals surface area contributed by atoms with Gasteiger partial charge in [0.05, 0.1) is 5.52 Å². The lowest BCUT2D eigenvalue weighted by Crippen LogP contribution is -2.12. The molecule has 0 fully saturated rings. The Morgan fingerprint density at radius 1 is 1.05 bits per heavy atom. The number of nitrogens with one attached hydrogen (secondary N) is 1. The number of ether oxygens (including phenoxy) is 1. The largest absolute Gasteiger partial charge is 0.424 e. The van der Waals surface area contributed by atoms with Crippen LogP contribution in [0.2, 0.25) is 0 Å². The van der Waals surface area contributed by atoms with Crippen LogP contribution in [0.15, 0.2) is 48.9 Å². The molecule has 106 valence electrons. The lowest BCUT2D eigenvalue weighted by atomic mass is 10.2. The number of pyridine rings is 1. The minimum absolute atomic E-state index is 0.339. The van der Waals surface area contributed by atoms with Crippen molar-refractivity contribution in [2.75, 3.05) is 6.54 Å². The Balaban J connectivity index is 1.82. The summed E-state index contributed by atoms with van der Waals surface area (Å²) in [6.07, 6.45) is 5.31. The summed E-state index contributed by atoms with van der Waals surface area (Å²) in [6.45, 7) is 3.74. The van der Waals surface area contributed by atoms with Gasteiger partial charge < -0.3 is 10.1 Å². The van der Waals surface area contributed by atoms with E-state index in [2.05, 4.69) is 27.2 Å². The van der Waals surface area contributed by atoms with Crippen LogP contribution in [0.5, 0.6) is 11.8 Å². The molecule has 0 radical (unpaired) electrons. The predicted molar refractivity (Wildman–Crippen MR) is 81.2 cm³/mol. The van der Waals surface area contributed by atoms with E-state index in [0.29, 0.717) is 11.8 Å². The first-order valence-corrected chi connectivity index (χ1v) is 6.90. The second kappa shape index (κ2) is 6.28. The molecule has 3 aromatic rings. The van der Waals surface area contributed by atoms with Crippen LogP contribution in [0.1, 0.15) is 12.5 Å². The number of aromatic nitrogens is 3. The van der Waals surface area contributed by atoms with Crippen LogP contribution in [0, 0.1) is 0 Å². The summed E-state index contributed by atoms with van der Waals surface area (Å²) < 4.78 is 5.77. The molecule has 0 amide bonds. The molecule has 0 unspecified atom stereocenters. The molecule has 0 saturated heterocycles. The Hall–Kier alpha value is -2.53. The van der Waals surface area contributed by atoms with E-state index in [9.17, 15) is 0 Å². The van der Waals surface area contributed by atoms with Crippen molar-refractivity contribution in [2.24, 2.45) is 0 Å². The lowest BCUT2D eigenvalue weighted by Gasteiger charge is -2.07. The molecule has 3 rings (SSSR count). The van der Waals surface area contributed by atoms with Gasteiger partial charge in [-0.25, -0.2) is 9.97 Å². The molecule has 0 aliphatic carbocycles. The van der Waals surface area contributed by atoms with Crippen LogP contribution in [0.3, 0.4) is 0 Å². The monoisotopic (exact) mass is 280 g/mol. The Morgan fingerprint density at radius 3 is 2.71 bits per heavy atom. The average molecular weight is 280 g/mol. The molecular weight excluding hydrogens is 264 g/mol. The van der Waals surface area contributed by atoms with Crippen molar-refractivity contribution in [3.63, 3.8) is 0 Å². The maximum absolute atomic E-state index is 5.77. The van der Waals surface area contributed by atoms with Gasteiger partial charge in [0.15, 0.2) is 0 Å². The Labute approximate surface area is 123 Å². The molecule has 21 heavy (non-hydrogen) atoms. The molecule has 2 heterocycles. The first-order chi connectivity index (χ1) is 10.4. The highest BCUT2D eigenvalue weighted by molar-refractivity contribution is 5.84. The van der Waals surface area contributed by atoms with Crippen molar-refractivity contribution in [1.29, 1.82) is 0 Å². The fraction of sp³-hybridized carbons (Fsp3) is 0.188. The zero-order chi connectivity index (χ0) is 14.5. The van der Waals surface area contributed by atoms with Gasteiger partial charge in [0.1, 0.15) is 5.75 Å². The molecule has 0 aliphatic heterocycles. The second-order valence-corrected chi connectivity index (χ2v) is 4.58. The summed E-state index contributed by atoms with van der Waals surface area (Å²) >= 11 is 0. The van der Waals surface area contributed by atoms with Crippen LogP contribution in [0.4, 0.5) is 0 Å². The highest BCUT2D eigenvalue weighted by Crippen LogP contribution is 2.26. The smallest absolute Gasteiger partial charge is 0.321 e. The quantitative estimate of drug-likeness (QED) is 0.778. The molecule has 0 bridgehead atoms. The normalized spacial score (nSPS) is 10.7. The predicted octanol–water partition coefficient (Wildman–Crippen LogP) is 2.93. The first kappa shape index (κ1) is 13.5. The topological polar surface area (TPSA) is 59.9 Å². The summed E-state index contributed by atoms with van der Waals surface area (Å²) in [4.78, 5) is 12.8. The molecule has 0 spiro atoms. The van der Waals surface area contributed by atoms with Gasteiger partial charge in [-0.2, -0.15) is 0 Å². The van der Waals surface area contributed by atoms with Crippen molar-refractivity contribution in [2.45, 2.75) is 13.5 Å². The molecule has 1 aromatic carbocycles. The van der Waals surface area contributed by atoms with Crippen LogP contribution >= 0.6 is 0 Å². The van der Waals surface area contributed by atoms with Gasteiger partial charge in [0, 0.05) is 36.1 Å². The van der Waals surface area contributed by atoms with E-state index in [4.69, 9.17) is 4.74 Å². The Bertz CT molecular complexity index is 722. The highest BCUT2D eigenvalue weighted by atomic mass is 16.5. The van der Waals surface area contributed by atoms with E-state index in [1.807, 2.05) is 30.3 Å². The lowest BCUT2D eigenvalue weighted by molar-refractivity contribution is 0.445. The van der Waals surface area contributed by atoms with Crippen molar-refractivity contribution >= 4 is 10.9 Å². The third-order valence-electron chi connectivity index (χ3n) is 3.07. The number of rotatable bonds is 5. The van der Waals surface area contributed by atoms with Gasteiger partial charge in [0.25, 0.3) is 0 Å². The van der Waals surface area contributed by atoms with E-state index in [-0.39, 0.29) is 0 Å². The third-order valence-corrected chi connectivity index (χ3v) is 3.07. The number of fused-ring (bicyclic) bond motifs is 1. The van der Waals surface area contributed by atoms with Crippen molar-refractivity contribution in [3.05, 3.63) is 54.5 Å². The fourth-order valence-electron chi connectivity index (χ4n) is 2.02. The van der Waals surface area contributed by atoms with Crippen LogP contribution in [-0.4, -0.2) is 21.5 Å². The number of benzene rings is 1. The van der Waals surface area contributed by atoms with E-state index < -0.39 is 0 Å². The Kier molecular flexibility index (Phi) is 4.02. The third kappa shape index (κ3) is 3.14. The summed E-state index contributed by atoms with van der Waals surface area (Å²) in [5.41, 5.74) is 1.92. The fourth-order valence-corrected chi connectivity index (χ4v) is 2.02. The molecule has 0 saturated carbocycles. The molecule has 1 N–H and O–H groups in total. The van der Waals surface area contributed by atoms with Gasteiger partial charge in [-0.1, -0.05) is 13.0 Å². The van der Waals surface area contributed by atoms with Gasteiger partial charge in [0.2, 0.25) is 0 Å². The molecular formula is C16H16N4O. The summed E-state index contributed by atoms with van der Waals surface area (Å²) in [6, 6.07) is 9.94. The zero-order valence-electron chi connectivity index (χ0n) is 11.8. The van der Waals surface area contributed by atoms with E-state index >= 15 is 0 Å². The highest BCUT2D eigenvalue weighted by Gasteiger charge is 2.05. The maximum Gasteiger partial charge on any atom is 0.321 e. The van der Waals surface area contributed by atoms with Crippen LogP contribution < -0.4 is 10.1 Å². The van der Waals surface area contributed by atoms with E-state index in [1.165, 1.54) is 0 Å². The molecule has 5 heteroatoms. The zero-order valence-corrected chi connectivity index (χ0v) is 11.8. The van der Waals surface area contributed by atoms with Crippen molar-refractivity contribution in [3.8, 4) is 11.8 Å². The van der Waals surface area contributed by atoms with Gasteiger partial charge in [-0.15, -0.1) is 0 Å². The number of nitrogens with zero attached hydrogens (tertiary/aromatic N) is 3. The molecule has 5 nitrogen and oxygen atoms in total. The first-order valence-electron chi connectivity index (χ1n) is 6.90. The maximum atomic E-state index is 5.77. The van der Waals surface area contributed by atoms with Crippen molar-refractivity contribution < 1.29 is 4.74 Å². The number of hydrogen-bond donors (Lipinski definition) is 1. The SMILES string of the molecule is CCNCc1cnc(Oc2cccc3ncccc23)nc1. The van der Waals surface area contributed by atoms with Gasteiger partial charge in [-0.3, -0.25) is 4.98 Å². The molecule has 0 atom stereocenters. The van der Waals surface area contributed by atoms with Crippen molar-refractivity contribution in [1.82, 2.24) is 20.3 Å². The minimum atomic E-state index is 0.339. The van der Waals surface area contributed by atoms with Crippen LogP contribution in [0.25, 0.3) is 10.9 Å².